The Bertz CT molecular complexity index is 454. The van der Waals surface area contributed by atoms with Gasteiger partial charge in [0.1, 0.15) is 19.5 Å². The molecule has 5 heteroatoms. The van der Waals surface area contributed by atoms with Gasteiger partial charge < -0.3 is 10.8 Å². The number of carbonyl (C=O) groups is 1. The van der Waals surface area contributed by atoms with Crippen LogP contribution >= 0.6 is 11.6 Å². The summed E-state index contributed by atoms with van der Waals surface area (Å²) in [5.74, 6) is -0.132. The number of hydrogen-bond acceptors (Lipinski definition) is 3. The molecule has 0 spiro atoms. The average molecular weight is 252 g/mol. The molecule has 1 fully saturated rings. The zero-order valence-corrected chi connectivity index (χ0v) is 10.4. The van der Waals surface area contributed by atoms with Crippen LogP contribution in [0.5, 0.6) is 0 Å². The van der Waals surface area contributed by atoms with Gasteiger partial charge >= 0.3 is 0 Å². The number of carbonyl (C=O) groups excluding carboxylic acids is 1. The first-order valence-electron chi connectivity index (χ1n) is 5.71. The largest absolute Gasteiger partial charge is 0.385 e. The maximum atomic E-state index is 12.1. The Balaban J connectivity index is 2.47. The SMILES string of the molecule is B[C@H]1C[C@@H](O)C(=O)[C@](N)(c2ccccc2Cl)C1. The smallest absolute Gasteiger partial charge is 0.185 e. The molecule has 0 radical (unpaired) electrons. The van der Waals surface area contributed by atoms with Crippen molar-refractivity contribution >= 4 is 25.2 Å². The van der Waals surface area contributed by atoms with Crippen LogP contribution in [0.1, 0.15) is 18.4 Å². The summed E-state index contributed by atoms with van der Waals surface area (Å²) in [7, 11) is 1.98. The van der Waals surface area contributed by atoms with Crippen molar-refractivity contribution in [2.24, 2.45) is 5.73 Å². The maximum absolute atomic E-state index is 12.1. The molecule has 0 aliphatic heterocycles. The van der Waals surface area contributed by atoms with Gasteiger partial charge in [-0.25, -0.2) is 0 Å². The van der Waals surface area contributed by atoms with Crippen molar-refractivity contribution in [2.45, 2.75) is 30.3 Å². The number of hydrogen-bond donors (Lipinski definition) is 2. The lowest BCUT2D eigenvalue weighted by Crippen LogP contribution is -2.54. The second kappa shape index (κ2) is 4.44. The fourth-order valence-electron chi connectivity index (χ4n) is 2.58. The first-order valence-corrected chi connectivity index (χ1v) is 6.09. The van der Waals surface area contributed by atoms with Crippen molar-refractivity contribution in [1.29, 1.82) is 0 Å². The summed E-state index contributed by atoms with van der Waals surface area (Å²) >= 11 is 6.09. The molecule has 1 aromatic rings. The molecular formula is C12H15BClNO2. The summed E-state index contributed by atoms with van der Waals surface area (Å²) in [6.45, 7) is 0. The van der Waals surface area contributed by atoms with Crippen molar-refractivity contribution in [1.82, 2.24) is 0 Å². The van der Waals surface area contributed by atoms with E-state index >= 15 is 0 Å². The third kappa shape index (κ3) is 2.13. The molecule has 0 saturated heterocycles. The number of aliphatic hydroxyl groups is 1. The van der Waals surface area contributed by atoms with Crippen LogP contribution in [0.15, 0.2) is 24.3 Å². The molecule has 0 bridgehead atoms. The molecule has 1 saturated carbocycles. The Morgan fingerprint density at radius 1 is 1.47 bits per heavy atom. The summed E-state index contributed by atoms with van der Waals surface area (Å²) in [6, 6.07) is 7.06. The average Bonchev–Trinajstić information content (AvgIpc) is 2.26. The third-order valence-corrected chi connectivity index (χ3v) is 3.72. The predicted molar refractivity (Wildman–Crippen MR) is 69.9 cm³/mol. The number of halogens is 1. The van der Waals surface area contributed by atoms with Gasteiger partial charge in [0, 0.05) is 5.02 Å². The Labute approximate surface area is 106 Å². The highest BCUT2D eigenvalue weighted by atomic mass is 35.5. The van der Waals surface area contributed by atoms with Crippen LogP contribution in [0.2, 0.25) is 10.8 Å². The molecule has 1 aromatic carbocycles. The van der Waals surface area contributed by atoms with Gasteiger partial charge in [0.05, 0.1) is 0 Å². The van der Waals surface area contributed by atoms with Gasteiger partial charge in [-0.15, -0.1) is 0 Å². The minimum absolute atomic E-state index is 0.198. The lowest BCUT2D eigenvalue weighted by Gasteiger charge is -2.38. The van der Waals surface area contributed by atoms with Crippen molar-refractivity contribution in [2.75, 3.05) is 0 Å². The molecule has 0 unspecified atom stereocenters. The van der Waals surface area contributed by atoms with Crippen LogP contribution in [0.25, 0.3) is 0 Å². The Morgan fingerprint density at radius 3 is 2.76 bits per heavy atom. The van der Waals surface area contributed by atoms with Gasteiger partial charge in [-0.1, -0.05) is 35.6 Å². The van der Waals surface area contributed by atoms with Crippen molar-refractivity contribution in [3.05, 3.63) is 34.9 Å². The van der Waals surface area contributed by atoms with E-state index in [9.17, 15) is 9.90 Å². The molecule has 3 atom stereocenters. The predicted octanol–water partition coefficient (Wildman–Crippen LogP) is 0.639. The second-order valence-electron chi connectivity index (χ2n) is 4.88. The van der Waals surface area contributed by atoms with Gasteiger partial charge in [-0.3, -0.25) is 4.79 Å². The number of nitrogens with two attached hydrogens (primary N) is 1. The zero-order chi connectivity index (χ0) is 12.6. The second-order valence-corrected chi connectivity index (χ2v) is 5.28. The first-order chi connectivity index (χ1) is 7.95. The number of ketones is 1. The van der Waals surface area contributed by atoms with Gasteiger partial charge in [0.2, 0.25) is 0 Å². The van der Waals surface area contributed by atoms with E-state index in [0.717, 1.165) is 0 Å². The minimum Gasteiger partial charge on any atom is -0.385 e. The van der Waals surface area contributed by atoms with E-state index < -0.39 is 11.6 Å². The number of rotatable bonds is 1. The van der Waals surface area contributed by atoms with Crippen LogP contribution in [0.3, 0.4) is 0 Å². The van der Waals surface area contributed by atoms with Crippen LogP contribution in [-0.2, 0) is 10.3 Å². The fraction of sp³-hybridized carbons (Fsp3) is 0.417. The lowest BCUT2D eigenvalue weighted by molar-refractivity contribution is -0.136. The highest BCUT2D eigenvalue weighted by Gasteiger charge is 2.45. The van der Waals surface area contributed by atoms with Crippen LogP contribution in [0.4, 0.5) is 0 Å². The van der Waals surface area contributed by atoms with Crippen molar-refractivity contribution in [3.8, 4) is 0 Å². The van der Waals surface area contributed by atoms with E-state index in [1.54, 1.807) is 24.3 Å². The van der Waals surface area contributed by atoms with E-state index in [1.807, 2.05) is 7.85 Å². The van der Waals surface area contributed by atoms with Gasteiger partial charge in [0.25, 0.3) is 0 Å². The molecule has 2 rings (SSSR count). The Kier molecular flexibility index (Phi) is 3.30. The molecule has 0 aromatic heterocycles. The highest BCUT2D eigenvalue weighted by Crippen LogP contribution is 2.39. The van der Waals surface area contributed by atoms with Gasteiger partial charge in [-0.05, 0) is 24.5 Å². The van der Waals surface area contributed by atoms with E-state index in [4.69, 9.17) is 17.3 Å². The first kappa shape index (κ1) is 12.6. The van der Waals surface area contributed by atoms with Crippen molar-refractivity contribution < 1.29 is 9.90 Å². The normalized spacial score (nSPS) is 33.7. The minimum atomic E-state index is -1.16. The van der Waals surface area contributed by atoms with E-state index in [2.05, 4.69) is 0 Å². The monoisotopic (exact) mass is 251 g/mol. The standard InChI is InChI=1S/C12H15BClNO2/c13-7-5-10(16)11(17)12(15,6-7)8-3-1-2-4-9(8)14/h1-4,7,10,16H,5-6,13,15H2/t7-,10+,12+/m0/s1. The molecule has 3 nitrogen and oxygen atoms in total. The molecule has 90 valence electrons. The molecule has 3 N–H and O–H groups in total. The molecule has 0 heterocycles. The topological polar surface area (TPSA) is 63.3 Å². The molecule has 1 aliphatic rings. The Morgan fingerprint density at radius 2 is 2.12 bits per heavy atom. The Hall–Kier alpha value is -0.835. The van der Waals surface area contributed by atoms with Crippen LogP contribution in [0, 0.1) is 0 Å². The van der Waals surface area contributed by atoms with Crippen molar-refractivity contribution in [3.63, 3.8) is 0 Å². The number of Topliss-reactive ketones (excluding diaryl/α,β-unsaturated/α-hetero) is 1. The quantitative estimate of drug-likeness (QED) is 0.720. The highest BCUT2D eigenvalue weighted by molar-refractivity contribution is 6.31. The maximum Gasteiger partial charge on any atom is 0.185 e. The lowest BCUT2D eigenvalue weighted by atomic mass is 9.64. The number of aliphatic hydroxyl groups excluding tert-OH is 1. The van der Waals surface area contributed by atoms with E-state index in [-0.39, 0.29) is 11.6 Å². The zero-order valence-electron chi connectivity index (χ0n) is 9.69. The van der Waals surface area contributed by atoms with E-state index in [1.165, 1.54) is 0 Å². The molecule has 0 amide bonds. The third-order valence-electron chi connectivity index (χ3n) is 3.39. The summed E-state index contributed by atoms with van der Waals surface area (Å²) < 4.78 is 0. The fourth-order valence-corrected chi connectivity index (χ4v) is 2.89. The summed E-state index contributed by atoms with van der Waals surface area (Å²) in [5.41, 5.74) is 5.66. The number of benzene rings is 1. The van der Waals surface area contributed by atoms with Crippen LogP contribution in [-0.4, -0.2) is 24.8 Å². The van der Waals surface area contributed by atoms with Gasteiger partial charge in [-0.2, -0.15) is 0 Å². The molecule has 17 heavy (non-hydrogen) atoms. The van der Waals surface area contributed by atoms with E-state index in [0.29, 0.717) is 23.4 Å². The summed E-state index contributed by atoms with van der Waals surface area (Å²) in [5, 5.41) is 10.2. The summed E-state index contributed by atoms with van der Waals surface area (Å²) in [4.78, 5) is 12.1. The van der Waals surface area contributed by atoms with Crippen LogP contribution < -0.4 is 5.73 Å². The molecule has 1 aliphatic carbocycles. The summed E-state index contributed by atoms with van der Waals surface area (Å²) in [6.07, 6.45) is 0.00881. The molecular weight excluding hydrogens is 236 g/mol. The van der Waals surface area contributed by atoms with Gasteiger partial charge in [0.15, 0.2) is 5.78 Å².